The Labute approximate surface area is 543 Å². The lowest BCUT2D eigenvalue weighted by molar-refractivity contribution is -0.193. The highest BCUT2D eigenvalue weighted by Gasteiger charge is 2.30. The molecule has 0 aliphatic rings. The van der Waals surface area contributed by atoms with Gasteiger partial charge in [0.15, 0.2) is 0 Å². The number of urea groups is 2. The van der Waals surface area contributed by atoms with Crippen molar-refractivity contribution in [3.8, 4) is 23.5 Å². The number of ether oxygens (including phenoxy) is 3. The summed E-state index contributed by atoms with van der Waals surface area (Å²) in [7, 11) is -15.2. The average Bonchev–Trinajstić information content (AvgIpc) is 1.73. The number of anilines is 3. The zero-order valence-corrected chi connectivity index (χ0v) is 54.8. The summed E-state index contributed by atoms with van der Waals surface area (Å²) < 4.78 is 213. The highest BCUT2D eigenvalue weighted by Crippen LogP contribution is 2.32. The summed E-state index contributed by atoms with van der Waals surface area (Å²) >= 11 is 11.8. The van der Waals surface area contributed by atoms with Gasteiger partial charge in [0.2, 0.25) is 33.7 Å². The van der Waals surface area contributed by atoms with Crippen LogP contribution in [0.25, 0.3) is 5.69 Å². The van der Waals surface area contributed by atoms with Crippen LogP contribution in [0.5, 0.6) is 17.8 Å². The van der Waals surface area contributed by atoms with E-state index in [4.69, 9.17) is 43.0 Å². The smallest absolute Gasteiger partial charge is 0.389 e. The molecule has 0 aliphatic carbocycles. The number of aromatic nitrogens is 8. The summed E-state index contributed by atoms with van der Waals surface area (Å²) in [5.41, 5.74) is -1.99. The van der Waals surface area contributed by atoms with Crippen LogP contribution in [0.15, 0.2) is 81.3 Å². The molecule has 526 valence electrons. The number of nitrogens with zero attached hydrogens (tertiary/aromatic N) is 8. The Morgan fingerprint density at radius 3 is 1.71 bits per heavy atom. The van der Waals surface area contributed by atoms with Gasteiger partial charge in [-0.3, -0.25) is 25.5 Å². The molecule has 0 spiro atoms. The number of aryl methyl sites for hydroxylation is 3. The van der Waals surface area contributed by atoms with E-state index in [1.165, 1.54) is 62.1 Å². The van der Waals surface area contributed by atoms with Crippen molar-refractivity contribution >= 4 is 113 Å². The summed E-state index contributed by atoms with van der Waals surface area (Å²) in [5.74, 6) is -5.91. The fourth-order valence-electron chi connectivity index (χ4n) is 6.24. The quantitative estimate of drug-likeness (QED) is 0.0241. The van der Waals surface area contributed by atoms with Gasteiger partial charge in [-0.1, -0.05) is 53.5 Å². The highest BCUT2D eigenvalue weighted by molar-refractivity contribution is 7.94. The van der Waals surface area contributed by atoms with Gasteiger partial charge in [-0.15, -0.1) is 5.10 Å². The van der Waals surface area contributed by atoms with Gasteiger partial charge < -0.3 is 38.8 Å². The highest BCUT2D eigenvalue weighted by atomic mass is 35.5. The van der Waals surface area contributed by atoms with Crippen LogP contribution in [0.3, 0.4) is 0 Å². The molecule has 3 aromatic heterocycles. The van der Waals surface area contributed by atoms with E-state index in [-0.39, 0.29) is 55.2 Å². The molecular formula is C46H52Cl2F9N14O19PS4. The number of alkyl halides is 9. The van der Waals surface area contributed by atoms with Crippen LogP contribution < -0.4 is 54.9 Å². The number of carboxylic acids is 2. The van der Waals surface area contributed by atoms with Gasteiger partial charge in [-0.2, -0.15) is 69.1 Å². The third kappa shape index (κ3) is 30.7. The Morgan fingerprint density at radius 2 is 1.25 bits per heavy atom. The molecule has 0 radical (unpaired) electrons. The van der Waals surface area contributed by atoms with Gasteiger partial charge in [0.25, 0.3) is 20.0 Å². The van der Waals surface area contributed by atoms with E-state index in [1.54, 1.807) is 10.0 Å². The number of carbonyl (C=O) groups excluding carboxylic acids is 2. The lowest BCUT2D eigenvalue weighted by atomic mass is 10.1. The zero-order valence-electron chi connectivity index (χ0n) is 49.1. The molecular weight excluding hydrogens is 1450 g/mol. The second-order valence-electron chi connectivity index (χ2n) is 17.8. The van der Waals surface area contributed by atoms with Crippen molar-refractivity contribution in [2.45, 2.75) is 62.4 Å². The second kappa shape index (κ2) is 36.5. The first kappa shape index (κ1) is 82.7. The summed E-state index contributed by atoms with van der Waals surface area (Å²) in [6.45, 7) is -7.64. The average molecular weight is 1510 g/mol. The number of hydrogen-bond donors (Lipinski definition) is 9. The molecule has 0 saturated heterocycles. The Morgan fingerprint density at radius 1 is 0.758 bits per heavy atom. The topological polar surface area (TPSA) is 476 Å². The molecule has 0 aliphatic heterocycles. The van der Waals surface area contributed by atoms with Gasteiger partial charge in [0.1, 0.15) is 24.1 Å². The molecule has 33 nitrogen and oxygen atoms in total. The number of benzene rings is 3. The summed E-state index contributed by atoms with van der Waals surface area (Å²) in [4.78, 5) is 91.6. The van der Waals surface area contributed by atoms with Crippen LogP contribution in [-0.2, 0) is 56.7 Å². The minimum atomic E-state index is -4.71. The number of hydrogen-bond acceptors (Lipinski definition) is 23. The molecule has 95 heavy (non-hydrogen) atoms. The van der Waals surface area contributed by atoms with Crippen LogP contribution in [-0.4, -0.2) is 168 Å². The van der Waals surface area contributed by atoms with E-state index in [2.05, 4.69) is 68.3 Å². The SMILES string of the molecule is COc1nc(C)nc(NC(=O)NS(=O)(=O)c2ccccc2CCC(F)(F)F)n1.C[S+](C)C.Cc1nn(-c2cc(NS(C)(=O)=O)c(Cl)cc2Cl)c(=O)n1C(F)F.O=C(Nc1nc(OC(F)F)cc(OC(F)F)n1)NS(=O)(=O)c1ccccc1C(=O)O.O=C(O)CNCP(=O)([O-])O. The molecule has 3 heterocycles. The number of sulfonamides is 3. The van der Waals surface area contributed by atoms with E-state index >= 15 is 0 Å². The number of halogens is 11. The number of aliphatic carboxylic acids is 1. The predicted molar refractivity (Wildman–Crippen MR) is 317 cm³/mol. The molecule has 3 aromatic carbocycles. The molecule has 0 saturated carbocycles. The lowest BCUT2D eigenvalue weighted by Gasteiger charge is -2.14. The fraction of sp³-hybridized carbons (Fsp3) is 0.326. The first-order valence-corrected chi connectivity index (χ1v) is 34.5. The molecule has 0 bridgehead atoms. The first-order chi connectivity index (χ1) is 43.6. The number of rotatable bonds is 22. The Hall–Kier alpha value is -8.37. The van der Waals surface area contributed by atoms with Crippen molar-refractivity contribution in [2.24, 2.45) is 0 Å². The van der Waals surface area contributed by atoms with Crippen molar-refractivity contribution in [3.05, 3.63) is 110 Å². The lowest BCUT2D eigenvalue weighted by Crippen LogP contribution is -2.35. The maximum Gasteiger partial charge on any atom is 0.389 e. The molecule has 1 atom stereocenters. The van der Waals surface area contributed by atoms with Crippen molar-refractivity contribution < 1.29 is 123 Å². The Kier molecular flexibility index (Phi) is 31.8. The summed E-state index contributed by atoms with van der Waals surface area (Å²) in [6, 6.07) is 9.35. The van der Waals surface area contributed by atoms with Crippen molar-refractivity contribution in [2.75, 3.05) is 60.3 Å². The predicted octanol–water partition coefficient (Wildman–Crippen LogP) is 5.16. The van der Waals surface area contributed by atoms with Crippen LogP contribution >= 0.6 is 30.8 Å². The standard InChI is InChI=1S/C15H16F3N5O4S.C14H10F4N4O7S.C11H10Cl2F2N4O3S.C3H8NO5P.C3H9S/c1-9-19-12(22-14(20-9)27-2)21-13(24)23-28(25,26)11-6-4-3-5-10(11)7-8-15(16,17)18;15-11(16)28-8-5-9(29-12(17)18)20-13(19-8)21-14(25)22-30(26,27)7-4-2-1-3-6(7)10(23)24;1-5-16-19(11(20)18(5)10(14)15)9-4-8(17-23(2,21)22)6(12)3-7(9)13;5-3(6)1-4-2-10(7,8)9;1-4(2)3/h3-6H,7-8H2,1-2H3,(H2,19,20,21,22,23,24);1-5,11-12H,(H,23,24)(H2,19,20,21,22,25);3-4,10,17H,1-2H3;4H,1-2H2,(H,5,6)(H2,7,8,9);1-3H3/q;;;;+1/p-1. The minimum absolute atomic E-state index is 0.0257. The van der Waals surface area contributed by atoms with E-state index < -0.39 is 152 Å². The number of amides is 4. The summed E-state index contributed by atoms with van der Waals surface area (Å²) in [5, 5.41) is 26.4. The number of carboxylic acid groups (broad SMARTS) is 2. The van der Waals surface area contributed by atoms with E-state index in [9.17, 15) is 98.2 Å². The maximum atomic E-state index is 12.8. The molecule has 4 amide bonds. The number of aromatic carboxylic acids is 1. The van der Waals surface area contributed by atoms with Crippen LogP contribution in [0.1, 0.15) is 40.5 Å². The number of carbonyl (C=O) groups is 4. The van der Waals surface area contributed by atoms with Gasteiger partial charge in [-0.25, -0.2) is 58.4 Å². The third-order valence-corrected chi connectivity index (χ3v) is 14.2. The van der Waals surface area contributed by atoms with Crippen molar-refractivity contribution in [1.29, 1.82) is 0 Å². The molecule has 49 heteroatoms. The van der Waals surface area contributed by atoms with Crippen molar-refractivity contribution in [1.82, 2.24) is 54.0 Å². The van der Waals surface area contributed by atoms with Gasteiger partial charge in [0, 0.05) is 6.42 Å². The summed E-state index contributed by atoms with van der Waals surface area (Å²) in [6.07, 6.45) is 0.581. The van der Waals surface area contributed by atoms with Gasteiger partial charge in [-0.05, 0) is 67.1 Å². The fourth-order valence-corrected chi connectivity index (χ4v) is 10.1. The Balaban J connectivity index is 0.000000442. The van der Waals surface area contributed by atoms with E-state index in [0.29, 0.717) is 21.6 Å². The minimum Gasteiger partial charge on any atom is -0.778 e. The normalized spacial score (nSPS) is 12.0. The van der Waals surface area contributed by atoms with E-state index in [0.717, 1.165) is 30.5 Å². The second-order valence-corrected chi connectivity index (χ2v) is 27.8. The monoisotopic (exact) mass is 1500 g/mol. The molecule has 6 rings (SSSR count). The largest absolute Gasteiger partial charge is 0.778 e. The number of nitrogens with one attached hydrogen (secondary N) is 6. The maximum absolute atomic E-state index is 12.8. The molecule has 9 N–H and O–H groups in total. The van der Waals surface area contributed by atoms with Crippen LogP contribution in [0.2, 0.25) is 10.0 Å². The zero-order chi connectivity index (χ0) is 72.7. The first-order valence-electron chi connectivity index (χ1n) is 24.7. The number of methoxy groups -OCH3 is 1. The molecule has 1 unspecified atom stereocenters. The molecule has 6 aromatic rings. The van der Waals surface area contributed by atoms with Gasteiger partial charge in [0.05, 0.1) is 82.9 Å². The van der Waals surface area contributed by atoms with Crippen LogP contribution in [0.4, 0.5) is 66.7 Å². The van der Waals surface area contributed by atoms with E-state index in [1.807, 2.05) is 5.32 Å². The van der Waals surface area contributed by atoms with Crippen molar-refractivity contribution in [3.63, 3.8) is 0 Å². The Bertz CT molecular complexity index is 4100. The third-order valence-electron chi connectivity index (χ3n) is 9.58. The van der Waals surface area contributed by atoms with Gasteiger partial charge >= 0.3 is 61.6 Å². The van der Waals surface area contributed by atoms with Crippen LogP contribution in [0, 0.1) is 13.8 Å². The molecule has 0 fully saturated rings.